The number of nitrogens with two attached hydrogens (primary N) is 1. The van der Waals surface area contributed by atoms with E-state index in [1.54, 1.807) is 6.07 Å². The third kappa shape index (κ3) is 2.53. The van der Waals surface area contributed by atoms with Gasteiger partial charge in [-0.3, -0.25) is 4.79 Å². The van der Waals surface area contributed by atoms with Gasteiger partial charge in [-0.05, 0) is 24.1 Å². The van der Waals surface area contributed by atoms with Crippen molar-refractivity contribution in [3.8, 4) is 0 Å². The van der Waals surface area contributed by atoms with Crippen LogP contribution in [0.1, 0.15) is 11.1 Å². The molecule has 0 aliphatic rings. The molecular weight excluding hydrogens is 274 g/mol. The Morgan fingerprint density at radius 1 is 1.35 bits per heavy atom. The Bertz CT molecular complexity index is 823. The predicted molar refractivity (Wildman–Crippen MR) is 79.7 cm³/mol. The number of rotatable bonds is 3. The summed E-state index contributed by atoms with van der Waals surface area (Å²) in [6, 6.07) is 7.62. The van der Waals surface area contributed by atoms with Gasteiger partial charge in [0, 0.05) is 22.7 Å². The lowest BCUT2D eigenvalue weighted by Crippen LogP contribution is -2.06. The summed E-state index contributed by atoms with van der Waals surface area (Å²) in [5.41, 5.74) is 8.29. The molecule has 0 bridgehead atoms. The third-order valence-electron chi connectivity index (χ3n) is 2.92. The molecule has 0 fully saturated rings. The summed E-state index contributed by atoms with van der Waals surface area (Å²) in [5, 5.41) is 8.16. The fourth-order valence-corrected chi connectivity index (χ4v) is 2.83. The molecule has 102 valence electrons. The quantitative estimate of drug-likeness (QED) is 0.638. The molecule has 0 atom stereocenters. The van der Waals surface area contributed by atoms with Gasteiger partial charge in [-0.1, -0.05) is 23.9 Å². The Kier molecular flexibility index (Phi) is 3.19. The minimum atomic E-state index is -0.104. The van der Waals surface area contributed by atoms with Crippen molar-refractivity contribution >= 4 is 28.6 Å². The molecule has 20 heavy (non-hydrogen) atoms. The number of aryl methyl sites for hydroxylation is 1. The van der Waals surface area contributed by atoms with Gasteiger partial charge in [0.05, 0.1) is 0 Å². The average Bonchev–Trinajstić information content (AvgIpc) is 2.81. The van der Waals surface area contributed by atoms with Crippen LogP contribution in [0.25, 0.3) is 10.9 Å². The van der Waals surface area contributed by atoms with Gasteiger partial charge in [-0.25, -0.2) is 5.10 Å². The van der Waals surface area contributed by atoms with E-state index in [9.17, 15) is 4.79 Å². The summed E-state index contributed by atoms with van der Waals surface area (Å²) in [6.07, 6.45) is 0. The molecule has 0 aliphatic carbocycles. The Labute approximate surface area is 118 Å². The topological polar surface area (TPSA) is 100 Å². The van der Waals surface area contributed by atoms with Crippen molar-refractivity contribution in [2.75, 3.05) is 5.73 Å². The highest BCUT2D eigenvalue weighted by Crippen LogP contribution is 2.24. The summed E-state index contributed by atoms with van der Waals surface area (Å²) in [7, 11) is 0. The molecule has 1 aromatic carbocycles. The molecule has 7 heteroatoms. The van der Waals surface area contributed by atoms with Crippen molar-refractivity contribution in [1.29, 1.82) is 0 Å². The smallest absolute Gasteiger partial charge is 0.248 e. The molecule has 0 saturated carbocycles. The molecule has 0 saturated heterocycles. The van der Waals surface area contributed by atoms with Gasteiger partial charge >= 0.3 is 0 Å². The number of nitrogens with one attached hydrogen (secondary N) is 2. The standard InChI is InChI=1S/C13H13N5OS/c1-7-2-3-9-8(5-11(19)15-10(9)4-7)6-20-13-16-12(14)17-18-13/h2-5H,6H2,1H3,(H,15,19)(H3,14,16,17,18). The van der Waals surface area contributed by atoms with E-state index in [0.29, 0.717) is 16.9 Å². The van der Waals surface area contributed by atoms with Crippen molar-refractivity contribution < 1.29 is 0 Å². The van der Waals surface area contributed by atoms with Crippen molar-refractivity contribution in [3.63, 3.8) is 0 Å². The lowest BCUT2D eigenvalue weighted by molar-refractivity contribution is 0.973. The van der Waals surface area contributed by atoms with Crippen LogP contribution < -0.4 is 11.3 Å². The van der Waals surface area contributed by atoms with Crippen molar-refractivity contribution in [3.05, 3.63) is 45.7 Å². The van der Waals surface area contributed by atoms with Crippen LogP contribution >= 0.6 is 11.8 Å². The van der Waals surface area contributed by atoms with Crippen LogP contribution in [0.4, 0.5) is 5.95 Å². The maximum absolute atomic E-state index is 11.7. The summed E-state index contributed by atoms with van der Waals surface area (Å²) in [5.74, 6) is 0.903. The first-order valence-corrected chi connectivity index (χ1v) is 7.03. The van der Waals surface area contributed by atoms with Crippen LogP contribution in [0.3, 0.4) is 0 Å². The van der Waals surface area contributed by atoms with Crippen LogP contribution in [-0.2, 0) is 5.75 Å². The van der Waals surface area contributed by atoms with E-state index in [1.165, 1.54) is 11.8 Å². The van der Waals surface area contributed by atoms with Gasteiger partial charge in [0.1, 0.15) is 0 Å². The first-order valence-electron chi connectivity index (χ1n) is 6.05. The second-order valence-electron chi connectivity index (χ2n) is 4.50. The number of anilines is 1. The Morgan fingerprint density at radius 2 is 2.20 bits per heavy atom. The minimum Gasteiger partial charge on any atom is -0.368 e. The highest BCUT2D eigenvalue weighted by atomic mass is 32.2. The van der Waals surface area contributed by atoms with Crippen LogP contribution in [-0.4, -0.2) is 20.2 Å². The molecule has 3 rings (SSSR count). The van der Waals surface area contributed by atoms with Crippen molar-refractivity contribution in [1.82, 2.24) is 20.2 Å². The van der Waals surface area contributed by atoms with E-state index in [-0.39, 0.29) is 5.56 Å². The first-order chi connectivity index (χ1) is 9.61. The van der Waals surface area contributed by atoms with Gasteiger partial charge in [0.25, 0.3) is 0 Å². The highest BCUT2D eigenvalue weighted by Gasteiger charge is 2.07. The van der Waals surface area contributed by atoms with Gasteiger partial charge in [-0.15, -0.1) is 5.10 Å². The Hall–Kier alpha value is -2.28. The molecule has 2 heterocycles. The fraction of sp³-hybridized carbons (Fsp3) is 0.154. The van der Waals surface area contributed by atoms with Crippen LogP contribution in [0, 0.1) is 6.92 Å². The zero-order valence-corrected chi connectivity index (χ0v) is 11.6. The maximum Gasteiger partial charge on any atom is 0.248 e. The predicted octanol–water partition coefficient (Wildman–Crippen LogP) is 1.83. The van der Waals surface area contributed by atoms with Crippen LogP contribution in [0.5, 0.6) is 0 Å². The molecule has 0 unspecified atom stereocenters. The summed E-state index contributed by atoms with van der Waals surface area (Å²) >= 11 is 1.44. The number of aromatic nitrogens is 4. The summed E-state index contributed by atoms with van der Waals surface area (Å²) in [4.78, 5) is 18.6. The second kappa shape index (κ2) is 5.01. The number of pyridine rings is 1. The molecule has 4 N–H and O–H groups in total. The highest BCUT2D eigenvalue weighted by molar-refractivity contribution is 7.98. The molecule has 0 radical (unpaired) electrons. The average molecular weight is 287 g/mol. The van der Waals surface area contributed by atoms with Gasteiger partial charge in [-0.2, -0.15) is 4.98 Å². The lowest BCUT2D eigenvalue weighted by Gasteiger charge is -2.05. The zero-order chi connectivity index (χ0) is 14.1. The number of thioether (sulfide) groups is 1. The summed E-state index contributed by atoms with van der Waals surface area (Å²) in [6.45, 7) is 2.00. The number of hydrogen-bond donors (Lipinski definition) is 3. The largest absolute Gasteiger partial charge is 0.368 e. The van der Waals surface area contributed by atoms with Crippen LogP contribution in [0.15, 0.2) is 34.2 Å². The van der Waals surface area contributed by atoms with E-state index in [2.05, 4.69) is 20.2 Å². The Morgan fingerprint density at radius 3 is 2.95 bits per heavy atom. The van der Waals surface area contributed by atoms with E-state index in [4.69, 9.17) is 5.73 Å². The van der Waals surface area contributed by atoms with E-state index < -0.39 is 0 Å². The molecule has 3 aromatic rings. The normalized spacial score (nSPS) is 11.1. The molecule has 0 amide bonds. The number of benzene rings is 1. The van der Waals surface area contributed by atoms with Crippen molar-refractivity contribution in [2.45, 2.75) is 17.8 Å². The monoisotopic (exact) mass is 287 g/mol. The van der Waals surface area contributed by atoms with E-state index >= 15 is 0 Å². The molecule has 0 spiro atoms. The number of nitrogen functional groups attached to an aromatic ring is 1. The summed E-state index contributed by atoms with van der Waals surface area (Å²) < 4.78 is 0. The Balaban J connectivity index is 1.96. The number of hydrogen-bond acceptors (Lipinski definition) is 5. The number of fused-ring (bicyclic) bond motifs is 1. The molecular formula is C13H13N5OS. The molecule has 2 aromatic heterocycles. The third-order valence-corrected chi connectivity index (χ3v) is 3.82. The molecule has 0 aliphatic heterocycles. The maximum atomic E-state index is 11.7. The number of nitrogens with zero attached hydrogens (tertiary/aromatic N) is 2. The first kappa shape index (κ1) is 12.7. The van der Waals surface area contributed by atoms with E-state index in [0.717, 1.165) is 22.0 Å². The van der Waals surface area contributed by atoms with E-state index in [1.807, 2.05) is 25.1 Å². The van der Waals surface area contributed by atoms with Gasteiger partial charge in [0.15, 0.2) is 0 Å². The SMILES string of the molecule is Cc1ccc2c(CSc3n[nH]c(N)n3)cc(=O)[nH]c2c1. The van der Waals surface area contributed by atoms with Gasteiger partial charge < -0.3 is 10.7 Å². The fourth-order valence-electron chi connectivity index (χ4n) is 2.03. The zero-order valence-electron chi connectivity index (χ0n) is 10.8. The van der Waals surface area contributed by atoms with Gasteiger partial charge in [0.2, 0.25) is 16.7 Å². The lowest BCUT2D eigenvalue weighted by atomic mass is 10.1. The van der Waals surface area contributed by atoms with Crippen LogP contribution in [0.2, 0.25) is 0 Å². The number of H-pyrrole nitrogens is 2. The molecule has 6 nitrogen and oxygen atoms in total. The second-order valence-corrected chi connectivity index (χ2v) is 5.44. The van der Waals surface area contributed by atoms with Crippen molar-refractivity contribution in [2.24, 2.45) is 0 Å². The minimum absolute atomic E-state index is 0.104. The number of aromatic amines is 2.